The number of halogens is 1. The molecule has 0 amide bonds. The first-order valence-corrected chi connectivity index (χ1v) is 5.53. The Balaban J connectivity index is 0.00000144. The van der Waals surface area contributed by atoms with Crippen LogP contribution in [0.1, 0.15) is 24.4 Å². The van der Waals surface area contributed by atoms with E-state index in [4.69, 9.17) is 0 Å². The zero-order chi connectivity index (χ0) is 11.4. The number of guanidine groups is 1. The van der Waals surface area contributed by atoms with Crippen LogP contribution in [0, 0.1) is 6.92 Å². The van der Waals surface area contributed by atoms with Crippen LogP contribution in [0.3, 0.4) is 0 Å². The number of hydrogen-bond acceptors (Lipinski definition) is 3. The summed E-state index contributed by atoms with van der Waals surface area (Å²) in [5.41, 5.74) is 0.978. The van der Waals surface area contributed by atoms with E-state index in [9.17, 15) is 0 Å². The number of nitrogens with zero attached hydrogens (tertiary/aromatic N) is 3. The molecule has 94 valence electrons. The average Bonchev–Trinajstić information content (AvgIpc) is 3.08. The first-order chi connectivity index (χ1) is 7.78. The van der Waals surface area contributed by atoms with Crippen molar-refractivity contribution in [2.75, 3.05) is 7.05 Å². The minimum absolute atomic E-state index is 0. The Morgan fingerprint density at radius 3 is 2.88 bits per heavy atom. The summed E-state index contributed by atoms with van der Waals surface area (Å²) in [6, 6.07) is 2.52. The normalized spacial score (nSPS) is 15.1. The third-order valence-electron chi connectivity index (χ3n) is 2.41. The third kappa shape index (κ3) is 4.84. The highest BCUT2D eigenvalue weighted by molar-refractivity contribution is 14.0. The molecule has 1 saturated carbocycles. The molecule has 1 aliphatic carbocycles. The monoisotopic (exact) mass is 347 g/mol. The number of aryl methyl sites for hydroxylation is 1. The molecule has 0 spiro atoms. The van der Waals surface area contributed by atoms with Crippen LogP contribution in [0.15, 0.2) is 17.3 Å². The van der Waals surface area contributed by atoms with Crippen LogP contribution in [0.4, 0.5) is 0 Å². The number of aliphatic imine (C=N–C) groups is 1. The van der Waals surface area contributed by atoms with Crippen molar-refractivity contribution in [2.24, 2.45) is 4.99 Å². The van der Waals surface area contributed by atoms with E-state index in [0.717, 1.165) is 17.5 Å². The zero-order valence-corrected chi connectivity index (χ0v) is 12.4. The van der Waals surface area contributed by atoms with Gasteiger partial charge in [-0.2, -0.15) is 0 Å². The first kappa shape index (κ1) is 14.1. The lowest BCUT2D eigenvalue weighted by molar-refractivity contribution is 0.783. The molecule has 0 bridgehead atoms. The van der Waals surface area contributed by atoms with Crippen molar-refractivity contribution < 1.29 is 0 Å². The fourth-order valence-electron chi connectivity index (χ4n) is 1.39. The van der Waals surface area contributed by atoms with E-state index in [2.05, 4.69) is 25.6 Å². The molecule has 1 aromatic rings. The van der Waals surface area contributed by atoms with E-state index in [1.54, 1.807) is 13.2 Å². The van der Waals surface area contributed by atoms with Crippen LogP contribution in [-0.4, -0.2) is 29.0 Å². The molecule has 0 saturated heterocycles. The molecular weight excluding hydrogens is 329 g/mol. The predicted octanol–water partition coefficient (Wildman–Crippen LogP) is 1.23. The lowest BCUT2D eigenvalue weighted by Gasteiger charge is -2.10. The van der Waals surface area contributed by atoms with Gasteiger partial charge in [0.05, 0.1) is 12.2 Å². The number of nitrogens with one attached hydrogen (secondary N) is 2. The Labute approximate surface area is 119 Å². The molecule has 6 heteroatoms. The fourth-order valence-corrected chi connectivity index (χ4v) is 1.39. The van der Waals surface area contributed by atoms with Crippen LogP contribution in [0.5, 0.6) is 0 Å². The van der Waals surface area contributed by atoms with Gasteiger partial charge in [0.15, 0.2) is 5.96 Å². The van der Waals surface area contributed by atoms with Crippen molar-refractivity contribution in [3.05, 3.63) is 23.8 Å². The fraction of sp³-hybridized carbons (Fsp3) is 0.545. The molecule has 5 nitrogen and oxygen atoms in total. The van der Waals surface area contributed by atoms with Gasteiger partial charge in [0.1, 0.15) is 5.82 Å². The summed E-state index contributed by atoms with van der Waals surface area (Å²) in [7, 11) is 1.78. The smallest absolute Gasteiger partial charge is 0.191 e. The number of rotatable bonds is 3. The molecule has 2 N–H and O–H groups in total. The molecule has 17 heavy (non-hydrogen) atoms. The second kappa shape index (κ2) is 6.73. The number of aromatic nitrogens is 2. The van der Waals surface area contributed by atoms with E-state index < -0.39 is 0 Å². The Morgan fingerprint density at radius 2 is 2.29 bits per heavy atom. The highest BCUT2D eigenvalue weighted by atomic mass is 127. The summed E-state index contributed by atoms with van der Waals surface area (Å²) < 4.78 is 0. The molecule has 2 rings (SSSR count). The summed E-state index contributed by atoms with van der Waals surface area (Å²) in [6.07, 6.45) is 4.26. The Bertz CT molecular complexity index is 389. The summed E-state index contributed by atoms with van der Waals surface area (Å²) >= 11 is 0. The molecule has 0 radical (unpaired) electrons. The van der Waals surface area contributed by atoms with Gasteiger partial charge < -0.3 is 10.6 Å². The van der Waals surface area contributed by atoms with Crippen LogP contribution in [0.2, 0.25) is 0 Å². The van der Waals surface area contributed by atoms with E-state index in [-0.39, 0.29) is 24.0 Å². The van der Waals surface area contributed by atoms with E-state index >= 15 is 0 Å². The molecule has 1 heterocycles. The van der Waals surface area contributed by atoms with Crippen molar-refractivity contribution in [2.45, 2.75) is 32.4 Å². The van der Waals surface area contributed by atoms with Crippen LogP contribution >= 0.6 is 24.0 Å². The SMILES string of the molecule is CN=C(NCc1ccnc(C)n1)NC1CC1.I. The van der Waals surface area contributed by atoms with Crippen molar-refractivity contribution in [3.8, 4) is 0 Å². The van der Waals surface area contributed by atoms with Gasteiger partial charge in [0.2, 0.25) is 0 Å². The van der Waals surface area contributed by atoms with Crippen molar-refractivity contribution in [1.29, 1.82) is 0 Å². The van der Waals surface area contributed by atoms with Gasteiger partial charge in [0, 0.05) is 19.3 Å². The van der Waals surface area contributed by atoms with Crippen LogP contribution in [0.25, 0.3) is 0 Å². The Kier molecular flexibility index (Phi) is 5.60. The Hall–Kier alpha value is -0.920. The van der Waals surface area contributed by atoms with E-state index in [0.29, 0.717) is 12.6 Å². The molecule has 1 fully saturated rings. The minimum atomic E-state index is 0. The van der Waals surface area contributed by atoms with Gasteiger partial charge in [-0.05, 0) is 25.8 Å². The standard InChI is InChI=1S/C11H17N5.HI/c1-8-13-6-5-10(15-8)7-14-11(12-2)16-9-3-4-9;/h5-6,9H,3-4,7H2,1-2H3,(H2,12,14,16);1H. The lowest BCUT2D eigenvalue weighted by Crippen LogP contribution is -2.38. The van der Waals surface area contributed by atoms with E-state index in [1.165, 1.54) is 12.8 Å². The maximum atomic E-state index is 4.32. The topological polar surface area (TPSA) is 62.2 Å². The van der Waals surface area contributed by atoms with Gasteiger partial charge in [-0.25, -0.2) is 9.97 Å². The molecule has 0 unspecified atom stereocenters. The summed E-state index contributed by atoms with van der Waals surface area (Å²) in [6.45, 7) is 2.57. The van der Waals surface area contributed by atoms with Crippen molar-refractivity contribution >= 4 is 29.9 Å². The van der Waals surface area contributed by atoms with Gasteiger partial charge >= 0.3 is 0 Å². The van der Waals surface area contributed by atoms with Gasteiger partial charge in [-0.15, -0.1) is 24.0 Å². The molecular formula is C11H18IN5. The van der Waals surface area contributed by atoms with Gasteiger partial charge in [0.25, 0.3) is 0 Å². The molecule has 1 aromatic heterocycles. The molecule has 0 aromatic carbocycles. The minimum Gasteiger partial charge on any atom is -0.354 e. The number of hydrogen-bond donors (Lipinski definition) is 2. The third-order valence-corrected chi connectivity index (χ3v) is 2.41. The average molecular weight is 347 g/mol. The highest BCUT2D eigenvalue weighted by Gasteiger charge is 2.21. The quantitative estimate of drug-likeness (QED) is 0.491. The maximum Gasteiger partial charge on any atom is 0.191 e. The maximum absolute atomic E-state index is 4.32. The summed E-state index contributed by atoms with van der Waals surface area (Å²) in [5.74, 6) is 1.64. The summed E-state index contributed by atoms with van der Waals surface area (Å²) in [4.78, 5) is 12.5. The predicted molar refractivity (Wildman–Crippen MR) is 78.5 cm³/mol. The molecule has 1 aliphatic rings. The van der Waals surface area contributed by atoms with Gasteiger partial charge in [-0.3, -0.25) is 4.99 Å². The van der Waals surface area contributed by atoms with Gasteiger partial charge in [-0.1, -0.05) is 0 Å². The molecule has 0 aliphatic heterocycles. The van der Waals surface area contributed by atoms with Crippen molar-refractivity contribution in [1.82, 2.24) is 20.6 Å². The first-order valence-electron chi connectivity index (χ1n) is 5.53. The lowest BCUT2D eigenvalue weighted by atomic mass is 10.4. The molecule has 0 atom stereocenters. The zero-order valence-electron chi connectivity index (χ0n) is 10.1. The largest absolute Gasteiger partial charge is 0.354 e. The van der Waals surface area contributed by atoms with E-state index in [1.807, 2.05) is 13.0 Å². The second-order valence-corrected chi connectivity index (χ2v) is 3.94. The van der Waals surface area contributed by atoms with Crippen LogP contribution in [-0.2, 0) is 6.54 Å². The summed E-state index contributed by atoms with van der Waals surface area (Å²) in [5, 5.41) is 6.55. The second-order valence-electron chi connectivity index (χ2n) is 3.94. The van der Waals surface area contributed by atoms with Crippen LogP contribution < -0.4 is 10.6 Å². The van der Waals surface area contributed by atoms with Crippen molar-refractivity contribution in [3.63, 3.8) is 0 Å². The Morgan fingerprint density at radius 1 is 1.53 bits per heavy atom. The highest BCUT2D eigenvalue weighted by Crippen LogP contribution is 2.18.